The molecule has 0 atom stereocenters. The highest BCUT2D eigenvalue weighted by Gasteiger charge is 2.27. The zero-order chi connectivity index (χ0) is 19.7. The Hall–Kier alpha value is -2.19. The van der Waals surface area contributed by atoms with Crippen LogP contribution in [0.25, 0.3) is 0 Å². The number of aryl methyl sites for hydroxylation is 1. The Kier molecular flexibility index (Phi) is 6.74. The van der Waals surface area contributed by atoms with Crippen molar-refractivity contribution in [3.05, 3.63) is 45.5 Å². The van der Waals surface area contributed by atoms with E-state index in [1.54, 1.807) is 18.5 Å². The number of piperidine rings is 1. The van der Waals surface area contributed by atoms with Gasteiger partial charge < -0.3 is 19.3 Å². The van der Waals surface area contributed by atoms with Crippen LogP contribution < -0.4 is 10.9 Å². The van der Waals surface area contributed by atoms with Crippen LogP contribution in [0.4, 0.5) is 0 Å². The molecule has 8 nitrogen and oxygen atoms in total. The summed E-state index contributed by atoms with van der Waals surface area (Å²) in [5.74, 6) is 1.19. The molecule has 2 aromatic rings. The van der Waals surface area contributed by atoms with Crippen LogP contribution in [-0.2, 0) is 6.54 Å². The number of hydrogen-bond acceptors (Lipinski definition) is 6. The van der Waals surface area contributed by atoms with Crippen LogP contribution in [0.5, 0.6) is 0 Å². The number of hydrogen-bond donors (Lipinski definition) is 1. The fourth-order valence-corrected chi connectivity index (χ4v) is 3.90. The second-order valence-corrected chi connectivity index (χ2v) is 7.91. The largest absolute Gasteiger partial charge is 0.339 e. The Morgan fingerprint density at radius 3 is 2.69 bits per heavy atom. The number of carbonyl (C=O) groups excluding carboxylic acids is 1. The van der Waals surface area contributed by atoms with Crippen molar-refractivity contribution in [2.45, 2.75) is 57.5 Å². The molecule has 0 radical (unpaired) electrons. The molecule has 1 aliphatic heterocycles. The number of carbonyl (C=O) groups is 1. The van der Waals surface area contributed by atoms with Crippen molar-refractivity contribution < 1.29 is 9.32 Å². The minimum absolute atomic E-state index is 0. The van der Waals surface area contributed by atoms with Crippen LogP contribution in [0.15, 0.2) is 21.6 Å². The van der Waals surface area contributed by atoms with Crippen molar-refractivity contribution in [3.8, 4) is 0 Å². The van der Waals surface area contributed by atoms with Crippen LogP contribution in [0.2, 0.25) is 0 Å². The van der Waals surface area contributed by atoms with Gasteiger partial charge in [-0.1, -0.05) is 11.6 Å². The van der Waals surface area contributed by atoms with Gasteiger partial charge in [-0.25, -0.2) is 0 Å². The zero-order valence-corrected chi connectivity index (χ0v) is 17.7. The molecule has 0 unspecified atom stereocenters. The average Bonchev–Trinajstić information content (AvgIpc) is 3.08. The fraction of sp³-hybridized carbons (Fsp3) is 0.600. The zero-order valence-electron chi connectivity index (χ0n) is 16.9. The summed E-state index contributed by atoms with van der Waals surface area (Å²) in [6.07, 6.45) is 6.94. The Labute approximate surface area is 176 Å². The lowest BCUT2D eigenvalue weighted by Gasteiger charge is -2.26. The minimum atomic E-state index is -0.305. The minimum Gasteiger partial charge on any atom is -0.339 e. The predicted molar refractivity (Wildman–Crippen MR) is 111 cm³/mol. The third kappa shape index (κ3) is 4.38. The molecule has 2 fully saturated rings. The second kappa shape index (κ2) is 9.09. The standard InChI is InChI=1S/C20H27N5O3.ClH/c1-13-8-11-25(15-6-9-21-10-7-15)20(27)17(13)19(26)24(2)12-16-22-18(28-23-16)14-4-3-5-14;/h8,11,14-15,21H,3-7,9-10,12H2,1-2H3;1H. The fourth-order valence-electron chi connectivity index (χ4n) is 3.90. The van der Waals surface area contributed by atoms with Crippen molar-refractivity contribution in [2.75, 3.05) is 20.1 Å². The van der Waals surface area contributed by atoms with Crippen LogP contribution in [-0.4, -0.2) is 45.7 Å². The summed E-state index contributed by atoms with van der Waals surface area (Å²) in [5.41, 5.74) is 0.702. The van der Waals surface area contributed by atoms with Crippen molar-refractivity contribution in [2.24, 2.45) is 0 Å². The monoisotopic (exact) mass is 421 g/mol. The third-order valence-electron chi connectivity index (χ3n) is 5.91. The van der Waals surface area contributed by atoms with E-state index >= 15 is 0 Å². The van der Waals surface area contributed by atoms with Gasteiger partial charge in [0, 0.05) is 25.2 Å². The molecule has 1 aliphatic carbocycles. The third-order valence-corrected chi connectivity index (χ3v) is 5.91. The topological polar surface area (TPSA) is 93.3 Å². The molecule has 158 valence electrons. The summed E-state index contributed by atoms with van der Waals surface area (Å²) >= 11 is 0. The highest BCUT2D eigenvalue weighted by Crippen LogP contribution is 2.35. The van der Waals surface area contributed by atoms with E-state index in [4.69, 9.17) is 4.52 Å². The van der Waals surface area contributed by atoms with Crippen molar-refractivity contribution in [1.82, 2.24) is 24.9 Å². The summed E-state index contributed by atoms with van der Waals surface area (Å²) in [4.78, 5) is 32.0. The Bertz CT molecular complexity index is 915. The lowest BCUT2D eigenvalue weighted by atomic mass is 9.85. The van der Waals surface area contributed by atoms with Crippen molar-refractivity contribution in [1.29, 1.82) is 0 Å². The van der Waals surface area contributed by atoms with Crippen molar-refractivity contribution in [3.63, 3.8) is 0 Å². The lowest BCUT2D eigenvalue weighted by Crippen LogP contribution is -2.39. The van der Waals surface area contributed by atoms with E-state index in [-0.39, 0.29) is 42.0 Å². The Morgan fingerprint density at radius 1 is 1.31 bits per heavy atom. The molecular formula is C20H28ClN5O3. The molecule has 0 bridgehead atoms. The Balaban J connectivity index is 0.00000240. The summed E-state index contributed by atoms with van der Waals surface area (Å²) in [5, 5.41) is 7.30. The molecule has 2 aromatic heterocycles. The smallest absolute Gasteiger partial charge is 0.263 e. The Morgan fingerprint density at radius 2 is 2.03 bits per heavy atom. The van der Waals surface area contributed by atoms with Gasteiger partial charge in [-0.2, -0.15) is 4.98 Å². The molecule has 9 heteroatoms. The van der Waals surface area contributed by atoms with E-state index in [1.807, 2.05) is 12.3 Å². The van der Waals surface area contributed by atoms with Gasteiger partial charge in [0.2, 0.25) is 5.89 Å². The van der Waals surface area contributed by atoms with Crippen LogP contribution >= 0.6 is 12.4 Å². The van der Waals surface area contributed by atoms with E-state index in [0.29, 0.717) is 23.2 Å². The molecule has 2 aliphatic rings. The molecule has 3 heterocycles. The van der Waals surface area contributed by atoms with Gasteiger partial charge in [0.1, 0.15) is 5.56 Å². The van der Waals surface area contributed by atoms with Crippen LogP contribution in [0.3, 0.4) is 0 Å². The number of pyridine rings is 1. The first kappa shape index (κ1) is 21.5. The predicted octanol–water partition coefficient (Wildman–Crippen LogP) is 2.43. The van der Waals surface area contributed by atoms with Crippen LogP contribution in [0, 0.1) is 6.92 Å². The molecule has 0 spiro atoms. The maximum atomic E-state index is 13.1. The molecule has 1 N–H and O–H groups in total. The van der Waals surface area contributed by atoms with E-state index in [2.05, 4.69) is 15.5 Å². The van der Waals surface area contributed by atoms with Gasteiger partial charge in [-0.15, -0.1) is 12.4 Å². The first-order chi connectivity index (χ1) is 13.5. The highest BCUT2D eigenvalue weighted by atomic mass is 35.5. The van der Waals surface area contributed by atoms with E-state index in [0.717, 1.165) is 38.8 Å². The van der Waals surface area contributed by atoms with Gasteiger partial charge in [-0.05, 0) is 57.3 Å². The quantitative estimate of drug-likeness (QED) is 0.796. The summed E-state index contributed by atoms with van der Waals surface area (Å²) in [7, 11) is 1.67. The molecule has 1 saturated carbocycles. The number of nitrogens with one attached hydrogen (secondary N) is 1. The van der Waals surface area contributed by atoms with Gasteiger partial charge >= 0.3 is 0 Å². The molecule has 29 heavy (non-hydrogen) atoms. The van der Waals surface area contributed by atoms with Crippen molar-refractivity contribution >= 4 is 18.3 Å². The van der Waals surface area contributed by atoms with E-state index in [9.17, 15) is 9.59 Å². The molecule has 0 aromatic carbocycles. The van der Waals surface area contributed by atoms with Gasteiger partial charge in [0.15, 0.2) is 5.82 Å². The van der Waals surface area contributed by atoms with Gasteiger partial charge in [-0.3, -0.25) is 9.59 Å². The number of amides is 1. The first-order valence-corrected chi connectivity index (χ1v) is 10.0. The van der Waals surface area contributed by atoms with Gasteiger partial charge in [0.05, 0.1) is 6.54 Å². The number of halogens is 1. The average molecular weight is 422 g/mol. The van der Waals surface area contributed by atoms with Gasteiger partial charge in [0.25, 0.3) is 11.5 Å². The van der Waals surface area contributed by atoms with Crippen LogP contribution in [0.1, 0.15) is 71.7 Å². The molecule has 1 saturated heterocycles. The molecular weight excluding hydrogens is 394 g/mol. The molecule has 1 amide bonds. The normalized spacial score (nSPS) is 17.4. The first-order valence-electron chi connectivity index (χ1n) is 10.0. The second-order valence-electron chi connectivity index (χ2n) is 7.91. The SMILES string of the molecule is Cc1ccn(C2CCNCC2)c(=O)c1C(=O)N(C)Cc1noc(C2CCC2)n1.Cl. The summed E-state index contributed by atoms with van der Waals surface area (Å²) < 4.78 is 7.05. The molecule has 4 rings (SSSR count). The van der Waals surface area contributed by atoms with E-state index < -0.39 is 0 Å². The van der Waals surface area contributed by atoms with E-state index in [1.165, 1.54) is 11.3 Å². The highest BCUT2D eigenvalue weighted by molar-refractivity contribution is 5.95. The maximum absolute atomic E-state index is 13.1. The lowest BCUT2D eigenvalue weighted by molar-refractivity contribution is 0.0777. The number of rotatable bonds is 5. The maximum Gasteiger partial charge on any atom is 0.263 e. The number of aromatic nitrogens is 3. The number of nitrogens with zero attached hydrogens (tertiary/aromatic N) is 4. The summed E-state index contributed by atoms with van der Waals surface area (Å²) in [6, 6.07) is 1.99. The summed E-state index contributed by atoms with van der Waals surface area (Å²) in [6.45, 7) is 3.79.